The predicted octanol–water partition coefficient (Wildman–Crippen LogP) is 2.41. The Hall–Kier alpha value is -2.16. The van der Waals surface area contributed by atoms with Gasteiger partial charge in [0.05, 0.1) is 0 Å². The van der Waals surface area contributed by atoms with E-state index in [0.717, 1.165) is 51.0 Å². The summed E-state index contributed by atoms with van der Waals surface area (Å²) in [5.41, 5.74) is 1.29. The summed E-state index contributed by atoms with van der Waals surface area (Å²) in [6.07, 6.45) is 1.89. The summed E-state index contributed by atoms with van der Waals surface area (Å²) in [5.74, 6) is -0.136. The van der Waals surface area contributed by atoms with Gasteiger partial charge in [0, 0.05) is 51.5 Å². The molecule has 1 saturated carbocycles. The van der Waals surface area contributed by atoms with Crippen LogP contribution in [0.3, 0.4) is 0 Å². The molecule has 1 unspecified atom stereocenters. The van der Waals surface area contributed by atoms with Gasteiger partial charge in [0.25, 0.3) is 0 Å². The van der Waals surface area contributed by atoms with Gasteiger partial charge in [-0.15, -0.1) is 0 Å². The van der Waals surface area contributed by atoms with E-state index < -0.39 is 12.1 Å². The van der Waals surface area contributed by atoms with Gasteiger partial charge in [-0.2, -0.15) is 13.2 Å². The fraction of sp³-hybridized carbons (Fsp3) is 0.632. The molecule has 28 heavy (non-hydrogen) atoms. The highest BCUT2D eigenvalue weighted by molar-refractivity contribution is 5.77. The minimum atomic E-state index is -5.08. The van der Waals surface area contributed by atoms with Crippen molar-refractivity contribution in [2.45, 2.75) is 32.0 Å². The fourth-order valence-electron chi connectivity index (χ4n) is 4.22. The number of carbonyl (C=O) groups excluding carboxylic acids is 1. The Morgan fingerprint density at radius 2 is 1.79 bits per heavy atom. The van der Waals surface area contributed by atoms with Crippen LogP contribution in [0.4, 0.5) is 13.2 Å². The average Bonchev–Trinajstić information content (AvgIpc) is 3.06. The first-order valence-corrected chi connectivity index (χ1v) is 9.45. The minimum Gasteiger partial charge on any atom is -0.475 e. The van der Waals surface area contributed by atoms with E-state index in [0.29, 0.717) is 11.8 Å². The van der Waals surface area contributed by atoms with Crippen molar-refractivity contribution in [3.8, 4) is 0 Å². The van der Waals surface area contributed by atoms with E-state index in [-0.39, 0.29) is 0 Å². The van der Waals surface area contributed by atoms with Crippen LogP contribution in [-0.2, 0) is 16.1 Å². The average molecular weight is 399 g/mol. The first-order valence-electron chi connectivity index (χ1n) is 9.45. The highest BCUT2D eigenvalue weighted by Crippen LogP contribution is 2.54. The maximum absolute atomic E-state index is 12.2. The van der Waals surface area contributed by atoms with Crippen LogP contribution < -0.4 is 0 Å². The Labute approximate surface area is 161 Å². The number of alkyl halides is 3. The fourth-order valence-corrected chi connectivity index (χ4v) is 4.22. The third-order valence-corrected chi connectivity index (χ3v) is 5.69. The number of nitrogens with zero attached hydrogens (tertiary/aromatic N) is 3. The highest BCUT2D eigenvalue weighted by atomic mass is 19.4. The molecule has 0 bridgehead atoms. The van der Waals surface area contributed by atoms with Crippen molar-refractivity contribution in [3.05, 3.63) is 30.1 Å². The number of carboxylic acids is 1. The Morgan fingerprint density at radius 1 is 1.18 bits per heavy atom. The number of hydrogen-bond donors (Lipinski definition) is 1. The van der Waals surface area contributed by atoms with Crippen LogP contribution in [0.15, 0.2) is 24.5 Å². The van der Waals surface area contributed by atoms with E-state index in [1.807, 2.05) is 18.5 Å². The molecule has 2 aliphatic heterocycles. The maximum atomic E-state index is 12.2. The first-order chi connectivity index (χ1) is 13.3. The summed E-state index contributed by atoms with van der Waals surface area (Å²) < 4.78 is 31.7. The number of halogens is 3. The second-order valence-electron chi connectivity index (χ2n) is 7.64. The number of amides is 1. The highest BCUT2D eigenvalue weighted by Gasteiger charge is 2.55. The van der Waals surface area contributed by atoms with Gasteiger partial charge in [-0.05, 0) is 42.2 Å². The summed E-state index contributed by atoms with van der Waals surface area (Å²) in [5, 5.41) is 7.12. The largest absolute Gasteiger partial charge is 0.490 e. The van der Waals surface area contributed by atoms with E-state index in [4.69, 9.17) is 9.90 Å². The number of piperidine rings is 1. The molecular formula is C19H24F3N3O3. The van der Waals surface area contributed by atoms with Crippen molar-refractivity contribution in [2.24, 2.45) is 17.8 Å². The molecule has 1 aliphatic carbocycles. The molecule has 2 saturated heterocycles. The van der Waals surface area contributed by atoms with Crippen LogP contribution in [0.1, 0.15) is 24.8 Å². The second-order valence-corrected chi connectivity index (χ2v) is 7.64. The molecule has 3 atom stereocenters. The lowest BCUT2D eigenvalue weighted by atomic mass is 10.1. The number of hydrogen-bond acceptors (Lipinski definition) is 4. The smallest absolute Gasteiger partial charge is 0.475 e. The Kier molecular flexibility index (Phi) is 6.22. The number of aromatic nitrogens is 1. The molecule has 9 heteroatoms. The zero-order valence-electron chi connectivity index (χ0n) is 15.4. The number of fused-ring (bicyclic) bond motifs is 1. The molecule has 1 N–H and O–H groups in total. The SMILES string of the molecule is O=C(CC1[C@H]2CN(Cc3cccnc3)C[C@@H]12)N1CCCC1.O=C(O)C(F)(F)F. The van der Waals surface area contributed by atoms with Gasteiger partial charge in [0.1, 0.15) is 0 Å². The lowest BCUT2D eigenvalue weighted by Crippen LogP contribution is -2.30. The van der Waals surface area contributed by atoms with E-state index in [1.165, 1.54) is 18.4 Å². The zero-order valence-corrected chi connectivity index (χ0v) is 15.4. The van der Waals surface area contributed by atoms with Crippen molar-refractivity contribution in [1.29, 1.82) is 0 Å². The second kappa shape index (κ2) is 8.46. The molecule has 3 aliphatic rings. The zero-order chi connectivity index (χ0) is 20.3. The van der Waals surface area contributed by atoms with Gasteiger partial charge in [-0.3, -0.25) is 14.7 Å². The van der Waals surface area contributed by atoms with Crippen LogP contribution in [0.25, 0.3) is 0 Å². The van der Waals surface area contributed by atoms with Gasteiger partial charge in [-0.1, -0.05) is 6.07 Å². The molecule has 0 aromatic carbocycles. The van der Waals surface area contributed by atoms with Crippen LogP contribution in [0.2, 0.25) is 0 Å². The number of carbonyl (C=O) groups is 2. The molecular weight excluding hydrogens is 375 g/mol. The number of likely N-dealkylation sites (tertiary alicyclic amines) is 2. The lowest BCUT2D eigenvalue weighted by molar-refractivity contribution is -0.192. The van der Waals surface area contributed by atoms with Crippen LogP contribution in [0.5, 0.6) is 0 Å². The standard InChI is InChI=1S/C17H23N3O.C2HF3O2/c21-17(20-6-1-2-7-20)8-14-15-11-19(12-16(14)15)10-13-4-3-5-18-9-13;3-2(4,5)1(6)7/h3-5,9,14-16H,1-2,6-8,10-12H2;(H,6,7)/t14?,15-,16+;. The summed E-state index contributed by atoms with van der Waals surface area (Å²) in [6.45, 7) is 5.32. The van der Waals surface area contributed by atoms with E-state index in [1.54, 1.807) is 0 Å². The monoisotopic (exact) mass is 399 g/mol. The van der Waals surface area contributed by atoms with E-state index in [2.05, 4.69) is 20.9 Å². The predicted molar refractivity (Wildman–Crippen MR) is 94.1 cm³/mol. The Bertz CT molecular complexity index is 681. The van der Waals surface area contributed by atoms with Gasteiger partial charge in [0.15, 0.2) is 0 Å². The van der Waals surface area contributed by atoms with Crippen molar-refractivity contribution < 1.29 is 27.9 Å². The third-order valence-electron chi connectivity index (χ3n) is 5.69. The quantitative estimate of drug-likeness (QED) is 0.842. The van der Waals surface area contributed by atoms with Crippen molar-refractivity contribution in [2.75, 3.05) is 26.2 Å². The Balaban J connectivity index is 0.000000279. The van der Waals surface area contributed by atoms with Crippen molar-refractivity contribution in [1.82, 2.24) is 14.8 Å². The molecule has 0 spiro atoms. The molecule has 3 fully saturated rings. The van der Waals surface area contributed by atoms with Crippen LogP contribution in [0, 0.1) is 17.8 Å². The molecule has 3 heterocycles. The minimum absolute atomic E-state index is 0.408. The molecule has 0 radical (unpaired) electrons. The van der Waals surface area contributed by atoms with Crippen molar-refractivity contribution >= 4 is 11.9 Å². The molecule has 154 valence electrons. The molecule has 1 amide bonds. The number of rotatable bonds is 4. The van der Waals surface area contributed by atoms with Crippen molar-refractivity contribution in [3.63, 3.8) is 0 Å². The number of carboxylic acid groups (broad SMARTS) is 1. The third kappa shape index (κ3) is 5.21. The number of aliphatic carboxylic acids is 1. The normalized spacial score (nSPS) is 26.4. The lowest BCUT2D eigenvalue weighted by Gasteiger charge is -2.20. The summed E-state index contributed by atoms with van der Waals surface area (Å²) >= 11 is 0. The van der Waals surface area contributed by atoms with Gasteiger partial charge < -0.3 is 10.0 Å². The molecule has 4 rings (SSSR count). The first kappa shape index (κ1) is 20.6. The summed E-state index contributed by atoms with van der Waals surface area (Å²) in [7, 11) is 0. The van der Waals surface area contributed by atoms with Crippen LogP contribution in [-0.4, -0.2) is 64.1 Å². The van der Waals surface area contributed by atoms with Gasteiger partial charge >= 0.3 is 12.1 Å². The van der Waals surface area contributed by atoms with Crippen LogP contribution >= 0.6 is 0 Å². The molecule has 1 aromatic heterocycles. The molecule has 6 nitrogen and oxygen atoms in total. The van der Waals surface area contributed by atoms with Gasteiger partial charge in [-0.25, -0.2) is 4.79 Å². The summed E-state index contributed by atoms with van der Waals surface area (Å²) in [6, 6.07) is 4.15. The Morgan fingerprint density at radius 3 is 2.29 bits per heavy atom. The van der Waals surface area contributed by atoms with E-state index in [9.17, 15) is 18.0 Å². The summed E-state index contributed by atoms with van der Waals surface area (Å²) in [4.78, 5) is 29.9. The maximum Gasteiger partial charge on any atom is 0.490 e. The number of pyridine rings is 1. The van der Waals surface area contributed by atoms with E-state index >= 15 is 0 Å². The molecule has 1 aromatic rings. The topological polar surface area (TPSA) is 73.7 Å². The van der Waals surface area contributed by atoms with Gasteiger partial charge in [0.2, 0.25) is 5.91 Å².